The molecule has 2 bridgehead atoms. The van der Waals surface area contributed by atoms with Crippen molar-refractivity contribution in [2.45, 2.75) is 51.1 Å². The Hall–Kier alpha value is -3.03. The summed E-state index contributed by atoms with van der Waals surface area (Å²) in [6.45, 7) is 3.49. The molecule has 0 spiro atoms. The van der Waals surface area contributed by atoms with Crippen LogP contribution >= 0.6 is 0 Å². The molecule has 1 amide bonds. The number of anilines is 1. The van der Waals surface area contributed by atoms with Crippen molar-refractivity contribution in [2.24, 2.45) is 11.8 Å². The van der Waals surface area contributed by atoms with E-state index in [0.717, 1.165) is 49.4 Å². The molecule has 8 heteroatoms. The van der Waals surface area contributed by atoms with E-state index in [1.54, 1.807) is 12.1 Å². The molecule has 1 N–H and O–H groups in total. The molecule has 4 heterocycles. The van der Waals surface area contributed by atoms with E-state index in [-0.39, 0.29) is 30.3 Å². The Kier molecular flexibility index (Phi) is 6.67. The van der Waals surface area contributed by atoms with Gasteiger partial charge in [0.25, 0.3) is 6.47 Å². The summed E-state index contributed by atoms with van der Waals surface area (Å²) in [5.74, 6) is 1.81. The van der Waals surface area contributed by atoms with Crippen LogP contribution in [0.3, 0.4) is 0 Å². The number of hydrogen-bond acceptors (Lipinski definition) is 5. The molecule has 0 radical (unpaired) electrons. The molecule has 0 saturated carbocycles. The topological polar surface area (TPSA) is 86.6 Å². The Labute approximate surface area is 187 Å². The molecule has 3 aliphatic rings. The number of hydrogen-bond donors (Lipinski definition) is 1. The molecule has 0 aliphatic carbocycles. The summed E-state index contributed by atoms with van der Waals surface area (Å²) >= 11 is 0. The SMILES string of the molecule is Cc1ccc(N2C[C@H]3C[C@@H](C2)[C@H](Cc2cccc(F)c2)N2C(=O)CCC[C@@H]32)nn1.O=CO. The number of fused-ring (bicyclic) bond motifs is 4. The largest absolute Gasteiger partial charge is 0.483 e. The summed E-state index contributed by atoms with van der Waals surface area (Å²) in [5.41, 5.74) is 1.89. The van der Waals surface area contributed by atoms with Crippen LogP contribution in [-0.4, -0.2) is 57.8 Å². The Morgan fingerprint density at radius 1 is 1.19 bits per heavy atom. The van der Waals surface area contributed by atoms with Crippen LogP contribution in [0.5, 0.6) is 0 Å². The lowest BCUT2D eigenvalue weighted by Gasteiger charge is -2.57. The third-order valence-corrected chi connectivity index (χ3v) is 6.94. The second-order valence-electron chi connectivity index (χ2n) is 8.96. The van der Waals surface area contributed by atoms with Crippen molar-refractivity contribution in [3.8, 4) is 0 Å². The van der Waals surface area contributed by atoms with Gasteiger partial charge in [0, 0.05) is 31.6 Å². The van der Waals surface area contributed by atoms with Gasteiger partial charge in [0.1, 0.15) is 5.82 Å². The van der Waals surface area contributed by atoms with Crippen molar-refractivity contribution in [3.05, 3.63) is 53.5 Å². The number of benzene rings is 1. The molecule has 32 heavy (non-hydrogen) atoms. The number of piperidine rings is 3. The highest BCUT2D eigenvalue weighted by Crippen LogP contribution is 2.43. The first-order valence-electron chi connectivity index (χ1n) is 11.2. The van der Waals surface area contributed by atoms with Crippen molar-refractivity contribution < 1.29 is 19.1 Å². The van der Waals surface area contributed by atoms with Crippen LogP contribution in [0.15, 0.2) is 36.4 Å². The van der Waals surface area contributed by atoms with Crippen molar-refractivity contribution >= 4 is 18.2 Å². The first-order valence-corrected chi connectivity index (χ1v) is 11.2. The number of carbonyl (C=O) groups excluding carboxylic acids is 1. The van der Waals surface area contributed by atoms with Gasteiger partial charge in [0.15, 0.2) is 5.82 Å². The quantitative estimate of drug-likeness (QED) is 0.739. The Bertz CT molecular complexity index is 955. The minimum Gasteiger partial charge on any atom is -0.483 e. The van der Waals surface area contributed by atoms with Crippen LogP contribution in [0, 0.1) is 24.6 Å². The average molecular weight is 441 g/mol. The van der Waals surface area contributed by atoms with Crippen LogP contribution < -0.4 is 4.90 Å². The van der Waals surface area contributed by atoms with Gasteiger partial charge in [-0.1, -0.05) is 12.1 Å². The van der Waals surface area contributed by atoms with E-state index in [1.807, 2.05) is 19.1 Å². The lowest BCUT2D eigenvalue weighted by molar-refractivity contribution is -0.148. The lowest BCUT2D eigenvalue weighted by atomic mass is 9.71. The van der Waals surface area contributed by atoms with E-state index in [4.69, 9.17) is 9.90 Å². The predicted octanol–water partition coefficient (Wildman–Crippen LogP) is 3.07. The zero-order chi connectivity index (χ0) is 22.7. The van der Waals surface area contributed by atoms with Crippen molar-refractivity contribution in [2.75, 3.05) is 18.0 Å². The van der Waals surface area contributed by atoms with Crippen molar-refractivity contribution in [3.63, 3.8) is 0 Å². The molecule has 170 valence electrons. The molecule has 0 unspecified atom stereocenters. The maximum atomic E-state index is 13.8. The Balaban J connectivity index is 0.000000775. The molecule has 7 nitrogen and oxygen atoms in total. The summed E-state index contributed by atoms with van der Waals surface area (Å²) in [5, 5.41) is 15.5. The summed E-state index contributed by atoms with van der Waals surface area (Å²) in [7, 11) is 0. The van der Waals surface area contributed by atoms with E-state index in [2.05, 4.69) is 26.1 Å². The minimum absolute atomic E-state index is 0.118. The van der Waals surface area contributed by atoms with Gasteiger partial charge < -0.3 is 14.9 Å². The van der Waals surface area contributed by atoms with E-state index in [0.29, 0.717) is 24.7 Å². The van der Waals surface area contributed by atoms with Crippen molar-refractivity contribution in [1.29, 1.82) is 0 Å². The minimum atomic E-state index is -0.250. The third-order valence-electron chi connectivity index (χ3n) is 6.94. The maximum Gasteiger partial charge on any atom is 0.290 e. The molecule has 3 saturated heterocycles. The number of aromatic nitrogens is 2. The number of carbonyl (C=O) groups is 2. The highest BCUT2D eigenvalue weighted by atomic mass is 19.1. The normalized spacial score (nSPS) is 26.6. The van der Waals surface area contributed by atoms with E-state index in [9.17, 15) is 9.18 Å². The van der Waals surface area contributed by atoms with E-state index >= 15 is 0 Å². The first kappa shape index (κ1) is 22.2. The van der Waals surface area contributed by atoms with Crippen LogP contribution in [-0.2, 0) is 16.0 Å². The monoisotopic (exact) mass is 440 g/mol. The molecule has 3 aliphatic heterocycles. The summed E-state index contributed by atoms with van der Waals surface area (Å²) < 4.78 is 13.8. The van der Waals surface area contributed by atoms with Gasteiger partial charge in [-0.25, -0.2) is 4.39 Å². The highest BCUT2D eigenvalue weighted by Gasteiger charge is 2.49. The molecule has 4 atom stereocenters. The fourth-order valence-corrected chi connectivity index (χ4v) is 5.69. The Morgan fingerprint density at radius 3 is 2.69 bits per heavy atom. The van der Waals surface area contributed by atoms with Crippen LogP contribution in [0.1, 0.15) is 36.9 Å². The van der Waals surface area contributed by atoms with Gasteiger partial charge >= 0.3 is 0 Å². The number of amides is 1. The molecule has 1 aromatic carbocycles. The van der Waals surface area contributed by atoms with Gasteiger partial charge in [-0.05, 0) is 74.3 Å². The fourth-order valence-electron chi connectivity index (χ4n) is 5.69. The van der Waals surface area contributed by atoms with Crippen LogP contribution in [0.2, 0.25) is 0 Å². The van der Waals surface area contributed by atoms with Gasteiger partial charge in [0.05, 0.1) is 5.69 Å². The van der Waals surface area contributed by atoms with Gasteiger partial charge in [0.2, 0.25) is 5.91 Å². The Morgan fingerprint density at radius 2 is 1.97 bits per heavy atom. The molecule has 1 aromatic heterocycles. The average Bonchev–Trinajstić information content (AvgIpc) is 2.78. The third kappa shape index (κ3) is 4.59. The summed E-state index contributed by atoms with van der Waals surface area (Å²) in [6, 6.07) is 11.3. The van der Waals surface area contributed by atoms with E-state index in [1.165, 1.54) is 6.07 Å². The van der Waals surface area contributed by atoms with Gasteiger partial charge in [-0.2, -0.15) is 5.10 Å². The number of rotatable bonds is 3. The number of aryl methyl sites for hydroxylation is 1. The van der Waals surface area contributed by atoms with E-state index < -0.39 is 0 Å². The highest BCUT2D eigenvalue weighted by molar-refractivity contribution is 5.78. The molecule has 2 aromatic rings. The van der Waals surface area contributed by atoms with Crippen LogP contribution in [0.25, 0.3) is 0 Å². The second-order valence-corrected chi connectivity index (χ2v) is 8.96. The lowest BCUT2D eigenvalue weighted by Crippen LogP contribution is -2.65. The number of nitrogens with zero attached hydrogens (tertiary/aromatic N) is 4. The summed E-state index contributed by atoms with van der Waals surface area (Å²) in [6.07, 6.45) is 4.52. The first-order chi connectivity index (χ1) is 15.5. The summed E-state index contributed by atoms with van der Waals surface area (Å²) in [4.78, 5) is 25.8. The predicted molar refractivity (Wildman–Crippen MR) is 118 cm³/mol. The zero-order valence-electron chi connectivity index (χ0n) is 18.2. The standard InChI is InChI=1S/C23H27FN4O.CH2O2/c1-15-8-9-22(26-25-15)27-13-17-12-18(14-27)21(11-16-4-2-5-19(24)10-16)28-20(17)6-3-7-23(28)29;2-1-3/h2,4-5,8-10,17-18,20-21H,3,6-7,11-14H2,1H3;1H,(H,2,3)/t17-,18+,20+,21+;/m1./s1. The van der Waals surface area contributed by atoms with Gasteiger partial charge in [-0.3, -0.25) is 9.59 Å². The van der Waals surface area contributed by atoms with Crippen molar-refractivity contribution in [1.82, 2.24) is 15.1 Å². The molecule has 5 rings (SSSR count). The fraction of sp³-hybridized carbons (Fsp3) is 0.500. The number of halogens is 1. The second kappa shape index (κ2) is 9.63. The molecular formula is C24H29FN4O3. The molecule has 3 fully saturated rings. The smallest absolute Gasteiger partial charge is 0.290 e. The van der Waals surface area contributed by atoms with Crippen LogP contribution in [0.4, 0.5) is 10.2 Å². The zero-order valence-corrected chi connectivity index (χ0v) is 18.2. The maximum absolute atomic E-state index is 13.8. The number of carboxylic acid groups (broad SMARTS) is 1. The van der Waals surface area contributed by atoms with Gasteiger partial charge in [-0.15, -0.1) is 5.10 Å². The molecular weight excluding hydrogens is 411 g/mol.